The standard InChI is InChI=1S/C22H33N4O17P/c1-8(27)24-14-10(29)5-22(20(34)35,42-18(14)15(31)11(30)6-39-9(2)28)43-44(37,38)40-7-12-16(32)17(33)19(41-12)26-4-3-13(23)25-21(26)36/h3-4,10-12,14-19,29-33H,5-7H2,1-2H3,(H,24,27)(H,34,35)(H,37,38)(H2,23,25,36)/p-2/t10-,11+,12+,14+,15+,16+,17+,18+,19+,22+/m0/s1. The van der Waals surface area contributed by atoms with E-state index >= 15 is 0 Å². The van der Waals surface area contributed by atoms with Crippen LogP contribution in [0, 0.1) is 0 Å². The van der Waals surface area contributed by atoms with Crippen LogP contribution in [0.5, 0.6) is 0 Å². The van der Waals surface area contributed by atoms with E-state index in [2.05, 4.69) is 24.1 Å². The van der Waals surface area contributed by atoms with Gasteiger partial charge in [-0.3, -0.25) is 23.2 Å². The van der Waals surface area contributed by atoms with E-state index in [4.69, 9.17) is 15.2 Å². The molecule has 8 N–H and O–H groups in total. The molecule has 0 radical (unpaired) electrons. The molecule has 2 fully saturated rings. The van der Waals surface area contributed by atoms with Crippen molar-refractivity contribution in [1.29, 1.82) is 0 Å². The number of aromatic nitrogens is 2. The van der Waals surface area contributed by atoms with E-state index in [1.165, 1.54) is 6.07 Å². The Morgan fingerprint density at radius 2 is 1.93 bits per heavy atom. The molecule has 2 aliphatic rings. The highest BCUT2D eigenvalue weighted by molar-refractivity contribution is 7.45. The molecule has 1 unspecified atom stereocenters. The number of carbonyl (C=O) groups excluding carboxylic acids is 3. The number of aliphatic hydroxyl groups is 5. The van der Waals surface area contributed by atoms with Crippen LogP contribution < -0.4 is 26.7 Å². The minimum atomic E-state index is -5.84. The summed E-state index contributed by atoms with van der Waals surface area (Å²) in [7, 11) is -5.84. The maximum Gasteiger partial charge on any atom is 0.351 e. The van der Waals surface area contributed by atoms with Gasteiger partial charge >= 0.3 is 11.7 Å². The number of aliphatic carboxylic acids is 1. The molecule has 3 heterocycles. The fraction of sp³-hybridized carbons (Fsp3) is 0.682. The summed E-state index contributed by atoms with van der Waals surface area (Å²) < 4.78 is 37.9. The zero-order valence-corrected chi connectivity index (χ0v) is 23.9. The summed E-state index contributed by atoms with van der Waals surface area (Å²) in [5.74, 6) is -7.65. The molecule has 248 valence electrons. The zero-order valence-electron chi connectivity index (χ0n) is 23.0. The van der Waals surface area contributed by atoms with Gasteiger partial charge in [-0.2, -0.15) is 4.98 Å². The van der Waals surface area contributed by atoms with E-state index in [-0.39, 0.29) is 5.82 Å². The maximum absolute atomic E-state index is 12.8. The van der Waals surface area contributed by atoms with Crippen LogP contribution in [-0.4, -0.2) is 121 Å². The van der Waals surface area contributed by atoms with E-state index in [0.29, 0.717) is 0 Å². The van der Waals surface area contributed by atoms with Gasteiger partial charge in [-0.25, -0.2) is 4.79 Å². The summed E-state index contributed by atoms with van der Waals surface area (Å²) in [6.45, 7) is 0.00639. The molecule has 21 nitrogen and oxygen atoms in total. The number of aliphatic hydroxyl groups excluding tert-OH is 5. The number of esters is 1. The number of phosphoric acid groups is 1. The van der Waals surface area contributed by atoms with Crippen LogP contribution >= 0.6 is 7.82 Å². The van der Waals surface area contributed by atoms with Gasteiger partial charge in [0, 0.05) is 26.5 Å². The number of nitrogens with zero attached hydrogens (tertiary/aromatic N) is 2. The number of anilines is 1. The lowest BCUT2D eigenvalue weighted by atomic mass is 9.88. The predicted octanol–water partition coefficient (Wildman–Crippen LogP) is -6.67. The van der Waals surface area contributed by atoms with Gasteiger partial charge in [0.25, 0.3) is 7.82 Å². The van der Waals surface area contributed by atoms with Crippen molar-refractivity contribution in [2.75, 3.05) is 18.9 Å². The van der Waals surface area contributed by atoms with Gasteiger partial charge in [0.1, 0.15) is 55.0 Å². The van der Waals surface area contributed by atoms with Crippen LogP contribution in [0.2, 0.25) is 0 Å². The Morgan fingerprint density at radius 1 is 1.27 bits per heavy atom. The van der Waals surface area contributed by atoms with Crippen molar-refractivity contribution in [2.45, 2.75) is 81.1 Å². The Kier molecular flexibility index (Phi) is 11.2. The number of nitrogens with one attached hydrogen (secondary N) is 1. The van der Waals surface area contributed by atoms with Crippen LogP contribution in [0.1, 0.15) is 26.5 Å². The van der Waals surface area contributed by atoms with Gasteiger partial charge < -0.3 is 70.1 Å². The minimum absolute atomic E-state index is 0.155. The normalized spacial score (nSPS) is 33.1. The highest BCUT2D eigenvalue weighted by Crippen LogP contribution is 2.48. The quantitative estimate of drug-likeness (QED) is 0.0813. The van der Waals surface area contributed by atoms with Crippen LogP contribution in [0.4, 0.5) is 5.82 Å². The van der Waals surface area contributed by atoms with E-state index in [1.807, 2.05) is 0 Å². The molecular formula is C22H31N4O17P-2. The maximum atomic E-state index is 12.8. The van der Waals surface area contributed by atoms with Gasteiger partial charge in [-0.15, -0.1) is 0 Å². The second kappa shape index (κ2) is 13.9. The SMILES string of the molecule is CC(=O)N[C@H]1[C@H]([C@H](O)[C@H](O)COC(C)=O)O[C@](OP(=O)([O-])OC[C@H]2O[C@@H](n3ccc(N)nc3=O)[C@H](O)[C@@H]2O)(C(=O)[O-])C[C@@H]1O. The Labute approximate surface area is 247 Å². The Morgan fingerprint density at radius 3 is 2.50 bits per heavy atom. The molecule has 2 saturated heterocycles. The molecule has 0 aromatic carbocycles. The summed E-state index contributed by atoms with van der Waals surface area (Å²) in [5, 5.41) is 66.5. The summed E-state index contributed by atoms with van der Waals surface area (Å²) >= 11 is 0. The molecule has 0 spiro atoms. The van der Waals surface area contributed by atoms with E-state index in [0.717, 1.165) is 24.6 Å². The third-order valence-corrected chi connectivity index (χ3v) is 7.54. The van der Waals surface area contributed by atoms with Crippen LogP contribution in [-0.2, 0) is 42.2 Å². The van der Waals surface area contributed by atoms with E-state index in [1.54, 1.807) is 0 Å². The van der Waals surface area contributed by atoms with Crippen molar-refractivity contribution in [1.82, 2.24) is 14.9 Å². The van der Waals surface area contributed by atoms with Gasteiger partial charge in [0.05, 0.1) is 18.8 Å². The largest absolute Gasteiger partial charge is 0.756 e. The number of hydrogen-bond acceptors (Lipinski definition) is 19. The molecule has 1 aromatic rings. The first-order valence-electron chi connectivity index (χ1n) is 12.7. The average Bonchev–Trinajstić information content (AvgIpc) is 3.19. The summed E-state index contributed by atoms with van der Waals surface area (Å²) in [5.41, 5.74) is 4.43. The molecule has 22 heteroatoms. The third kappa shape index (κ3) is 8.14. The number of carboxylic acid groups (broad SMARTS) is 1. The van der Waals surface area contributed by atoms with Crippen molar-refractivity contribution in [3.05, 3.63) is 22.7 Å². The van der Waals surface area contributed by atoms with Crippen LogP contribution in [0.3, 0.4) is 0 Å². The molecule has 0 bridgehead atoms. The molecule has 11 atom stereocenters. The second-order valence-corrected chi connectivity index (χ2v) is 11.2. The van der Waals surface area contributed by atoms with Crippen LogP contribution in [0.25, 0.3) is 0 Å². The molecular weight excluding hydrogens is 623 g/mol. The molecule has 3 rings (SSSR count). The van der Waals surface area contributed by atoms with Crippen LogP contribution in [0.15, 0.2) is 17.1 Å². The molecule has 0 aliphatic carbocycles. The van der Waals surface area contributed by atoms with Crippen molar-refractivity contribution < 1.29 is 77.7 Å². The van der Waals surface area contributed by atoms with E-state index < -0.39 is 112 Å². The molecule has 1 amide bonds. The average molecular weight is 654 g/mol. The number of rotatable bonds is 12. The first-order chi connectivity index (χ1) is 20.4. The fourth-order valence-corrected chi connectivity index (χ4v) is 5.43. The van der Waals surface area contributed by atoms with Crippen molar-refractivity contribution in [3.8, 4) is 0 Å². The molecule has 1 aromatic heterocycles. The number of amides is 1. The number of carbonyl (C=O) groups is 3. The van der Waals surface area contributed by atoms with Gasteiger partial charge in [0.15, 0.2) is 6.23 Å². The van der Waals surface area contributed by atoms with Gasteiger partial charge in [-0.05, 0) is 6.07 Å². The fourth-order valence-electron chi connectivity index (χ4n) is 4.49. The van der Waals surface area contributed by atoms with E-state index in [9.17, 15) is 59.3 Å². The lowest BCUT2D eigenvalue weighted by Gasteiger charge is -2.50. The number of phosphoric ester groups is 1. The van der Waals surface area contributed by atoms with Gasteiger partial charge in [-0.1, -0.05) is 0 Å². The Bertz CT molecular complexity index is 1330. The van der Waals surface area contributed by atoms with Crippen molar-refractivity contribution in [2.24, 2.45) is 0 Å². The van der Waals surface area contributed by atoms with Gasteiger partial charge in [0.2, 0.25) is 11.7 Å². The monoisotopic (exact) mass is 654 g/mol. The molecule has 44 heavy (non-hydrogen) atoms. The number of nitrogens with two attached hydrogens (primary N) is 1. The number of nitrogen functional groups attached to an aromatic ring is 1. The highest BCUT2D eigenvalue weighted by atomic mass is 31.2. The highest BCUT2D eigenvalue weighted by Gasteiger charge is 2.54. The lowest BCUT2D eigenvalue weighted by molar-refractivity contribution is -0.377. The minimum Gasteiger partial charge on any atom is -0.756 e. The van der Waals surface area contributed by atoms with Crippen molar-refractivity contribution in [3.63, 3.8) is 0 Å². The molecule has 0 saturated carbocycles. The number of hydrogen-bond donors (Lipinski definition) is 7. The first kappa shape index (κ1) is 35.4. The Hall–Kier alpha value is -3.08. The lowest BCUT2D eigenvalue weighted by Crippen LogP contribution is -2.69. The number of carboxylic acids is 1. The smallest absolute Gasteiger partial charge is 0.351 e. The second-order valence-electron chi connectivity index (χ2n) is 9.90. The third-order valence-electron chi connectivity index (χ3n) is 6.56. The summed E-state index contributed by atoms with van der Waals surface area (Å²) in [6.07, 6.45) is -15.3. The predicted molar refractivity (Wildman–Crippen MR) is 133 cm³/mol. The Balaban J connectivity index is 1.79. The zero-order chi connectivity index (χ0) is 33.1. The topological polar surface area (TPSA) is 335 Å². The summed E-state index contributed by atoms with van der Waals surface area (Å²) in [4.78, 5) is 63.2. The summed E-state index contributed by atoms with van der Waals surface area (Å²) in [6, 6.07) is -0.467. The first-order valence-corrected chi connectivity index (χ1v) is 14.2. The molecule has 2 aliphatic heterocycles. The van der Waals surface area contributed by atoms with Crippen molar-refractivity contribution >= 4 is 31.5 Å². The number of ether oxygens (including phenoxy) is 3.